The predicted molar refractivity (Wildman–Crippen MR) is 141 cm³/mol. The Morgan fingerprint density at radius 1 is 0.333 bits per heavy atom. The third kappa shape index (κ3) is 4.20. The molecule has 0 atom stereocenters. The van der Waals surface area contributed by atoms with Gasteiger partial charge in [0, 0.05) is 0 Å². The van der Waals surface area contributed by atoms with Crippen molar-refractivity contribution in [2.24, 2.45) is 0 Å². The summed E-state index contributed by atoms with van der Waals surface area (Å²) < 4.78 is 0. The molecular formula is C24H20B4O8. The molecule has 4 aromatic rings. The third-order valence-corrected chi connectivity index (χ3v) is 6.51. The van der Waals surface area contributed by atoms with Gasteiger partial charge in [0.1, 0.15) is 0 Å². The van der Waals surface area contributed by atoms with Gasteiger partial charge in [0.2, 0.25) is 0 Å². The summed E-state index contributed by atoms with van der Waals surface area (Å²) >= 11 is 0. The lowest BCUT2D eigenvalue weighted by Crippen LogP contribution is -2.31. The highest BCUT2D eigenvalue weighted by atomic mass is 16.4. The molecule has 0 unspecified atom stereocenters. The lowest BCUT2D eigenvalue weighted by atomic mass is 9.73. The zero-order valence-electron chi connectivity index (χ0n) is 18.8. The molecule has 8 nitrogen and oxygen atoms in total. The molecule has 0 fully saturated rings. The van der Waals surface area contributed by atoms with Gasteiger partial charge in [0.25, 0.3) is 0 Å². The maximum Gasteiger partial charge on any atom is 0.488 e. The van der Waals surface area contributed by atoms with Crippen LogP contribution < -0.4 is 21.9 Å². The van der Waals surface area contributed by atoms with E-state index in [1.807, 2.05) is 0 Å². The van der Waals surface area contributed by atoms with Gasteiger partial charge >= 0.3 is 28.5 Å². The highest BCUT2D eigenvalue weighted by Gasteiger charge is 2.29. The minimum Gasteiger partial charge on any atom is -0.423 e. The minimum atomic E-state index is -1.80. The number of benzene rings is 4. The number of hydrogen-bond acceptors (Lipinski definition) is 8. The molecule has 0 spiro atoms. The quantitative estimate of drug-likeness (QED) is 0.127. The molecular weight excluding hydrogens is 460 g/mol. The Morgan fingerprint density at radius 3 is 1.08 bits per heavy atom. The van der Waals surface area contributed by atoms with Crippen LogP contribution in [0.2, 0.25) is 0 Å². The number of hydrogen-bond donors (Lipinski definition) is 8. The second-order valence-corrected chi connectivity index (χ2v) is 8.72. The molecule has 0 aromatic heterocycles. The Kier molecular flexibility index (Phi) is 6.37. The van der Waals surface area contributed by atoms with Crippen LogP contribution in [-0.4, -0.2) is 68.7 Å². The summed E-state index contributed by atoms with van der Waals surface area (Å²) in [7, 11) is -6.91. The number of fused-ring (bicyclic) bond motifs is 7. The van der Waals surface area contributed by atoms with Crippen molar-refractivity contribution >= 4 is 50.3 Å². The molecule has 12 heteroatoms. The van der Waals surface area contributed by atoms with Crippen molar-refractivity contribution in [2.45, 2.75) is 0 Å². The summed E-state index contributed by atoms with van der Waals surface area (Å²) in [6.45, 7) is 0. The van der Waals surface area contributed by atoms with Crippen molar-refractivity contribution in [3.05, 3.63) is 72.8 Å². The summed E-state index contributed by atoms with van der Waals surface area (Å²) in [5.74, 6) is 0. The molecule has 8 N–H and O–H groups in total. The topological polar surface area (TPSA) is 162 Å². The first-order valence-electron chi connectivity index (χ1n) is 11.2. The van der Waals surface area contributed by atoms with Gasteiger partial charge in [-0.1, -0.05) is 72.8 Å². The molecule has 0 aliphatic heterocycles. The standard InChI is InChI=1S/C24H20B4O8/c29-25(30)14-3-1-13(2-4-14)24-22-11-17(28(35)36)12-23(24)21-10-16(27(33)34)6-8-19(21)18-7-5-15(26(31)32)9-20(18)22/h1-12,29-36H. The summed E-state index contributed by atoms with van der Waals surface area (Å²) in [4.78, 5) is 0. The third-order valence-electron chi connectivity index (χ3n) is 6.51. The van der Waals surface area contributed by atoms with Crippen molar-refractivity contribution in [1.29, 1.82) is 0 Å². The van der Waals surface area contributed by atoms with Gasteiger partial charge in [0.05, 0.1) is 0 Å². The minimum absolute atomic E-state index is 0.190. The fourth-order valence-corrected chi connectivity index (χ4v) is 4.73. The Hall–Kier alpha value is -3.18. The second-order valence-electron chi connectivity index (χ2n) is 8.72. The first kappa shape index (κ1) is 24.5. The number of rotatable bonds is 5. The van der Waals surface area contributed by atoms with Gasteiger partial charge in [-0.15, -0.1) is 0 Å². The molecule has 1 aliphatic carbocycles. The van der Waals surface area contributed by atoms with Crippen LogP contribution in [0.25, 0.3) is 44.5 Å². The fraction of sp³-hybridized carbons (Fsp3) is 0. The zero-order chi connectivity index (χ0) is 25.7. The van der Waals surface area contributed by atoms with Crippen LogP contribution in [0.5, 0.6) is 0 Å². The van der Waals surface area contributed by atoms with Crippen molar-refractivity contribution < 1.29 is 40.2 Å². The Balaban J connectivity index is 1.93. The molecule has 1 aliphatic rings. The molecule has 5 rings (SSSR count). The SMILES string of the molecule is OB(O)c1ccc(-c2c3cc(B(O)O)cc2-c2cc(B(O)O)ccc2-c2ccc(B(O)O)cc2-3)cc1. The highest BCUT2D eigenvalue weighted by molar-refractivity contribution is 6.60. The lowest BCUT2D eigenvalue weighted by molar-refractivity contribution is 0.424. The maximum absolute atomic E-state index is 10.1. The molecule has 4 aromatic carbocycles. The summed E-state index contributed by atoms with van der Waals surface area (Å²) in [6.07, 6.45) is 0. The van der Waals surface area contributed by atoms with Gasteiger partial charge < -0.3 is 40.2 Å². The monoisotopic (exact) mass is 480 g/mol. The molecule has 0 saturated heterocycles. The Morgan fingerprint density at radius 2 is 0.694 bits per heavy atom. The Bertz CT molecular complexity index is 1380. The van der Waals surface area contributed by atoms with E-state index in [0.29, 0.717) is 33.4 Å². The molecule has 36 heavy (non-hydrogen) atoms. The van der Waals surface area contributed by atoms with Gasteiger partial charge in [-0.05, 0) is 66.4 Å². The predicted octanol–water partition coefficient (Wildman–Crippen LogP) is -2.61. The van der Waals surface area contributed by atoms with E-state index >= 15 is 0 Å². The van der Waals surface area contributed by atoms with Crippen LogP contribution in [0.4, 0.5) is 0 Å². The fourth-order valence-electron chi connectivity index (χ4n) is 4.73. The van der Waals surface area contributed by atoms with Crippen LogP contribution in [0.3, 0.4) is 0 Å². The van der Waals surface area contributed by atoms with Crippen molar-refractivity contribution in [2.75, 3.05) is 0 Å². The van der Waals surface area contributed by atoms with Crippen LogP contribution in [0.15, 0.2) is 72.8 Å². The van der Waals surface area contributed by atoms with E-state index in [1.165, 1.54) is 0 Å². The first-order chi connectivity index (χ1) is 17.2. The lowest BCUT2D eigenvalue weighted by Gasteiger charge is -2.18. The van der Waals surface area contributed by atoms with Gasteiger partial charge in [-0.2, -0.15) is 0 Å². The van der Waals surface area contributed by atoms with Crippen molar-refractivity contribution in [3.63, 3.8) is 0 Å². The first-order valence-corrected chi connectivity index (χ1v) is 11.2. The van der Waals surface area contributed by atoms with E-state index in [-0.39, 0.29) is 21.9 Å². The van der Waals surface area contributed by atoms with Gasteiger partial charge in [-0.25, -0.2) is 0 Å². The van der Waals surface area contributed by atoms with E-state index in [9.17, 15) is 40.2 Å². The second kappa shape index (κ2) is 9.36. The zero-order valence-corrected chi connectivity index (χ0v) is 18.8. The largest absolute Gasteiger partial charge is 0.488 e. The average molecular weight is 480 g/mol. The Labute approximate surface area is 208 Å². The molecule has 2 bridgehead atoms. The van der Waals surface area contributed by atoms with Crippen molar-refractivity contribution in [3.8, 4) is 44.5 Å². The van der Waals surface area contributed by atoms with E-state index < -0.39 is 28.5 Å². The van der Waals surface area contributed by atoms with E-state index in [4.69, 9.17) is 0 Å². The summed E-state index contributed by atoms with van der Waals surface area (Å²) in [5, 5.41) is 78.6. The highest BCUT2D eigenvalue weighted by Crippen LogP contribution is 2.48. The summed E-state index contributed by atoms with van der Waals surface area (Å²) in [6, 6.07) is 19.6. The van der Waals surface area contributed by atoms with E-state index in [2.05, 4.69) is 0 Å². The van der Waals surface area contributed by atoms with Crippen LogP contribution in [-0.2, 0) is 0 Å². The maximum atomic E-state index is 10.1. The summed E-state index contributed by atoms with van der Waals surface area (Å²) in [5.41, 5.74) is 6.07. The van der Waals surface area contributed by atoms with Gasteiger partial charge in [-0.3, -0.25) is 0 Å². The molecule has 0 saturated carbocycles. The van der Waals surface area contributed by atoms with Gasteiger partial charge in [0.15, 0.2) is 0 Å². The van der Waals surface area contributed by atoms with E-state index in [1.54, 1.807) is 72.8 Å². The average Bonchev–Trinajstić information content (AvgIpc) is 2.93. The molecule has 0 radical (unpaired) electrons. The molecule has 0 heterocycles. The molecule has 0 amide bonds. The van der Waals surface area contributed by atoms with Crippen LogP contribution in [0, 0.1) is 0 Å². The van der Waals surface area contributed by atoms with Crippen LogP contribution in [0.1, 0.15) is 0 Å². The van der Waals surface area contributed by atoms with Crippen molar-refractivity contribution in [1.82, 2.24) is 0 Å². The molecule has 176 valence electrons. The van der Waals surface area contributed by atoms with E-state index in [0.717, 1.165) is 11.1 Å². The normalized spacial score (nSPS) is 11.3. The smallest absolute Gasteiger partial charge is 0.423 e. The van der Waals surface area contributed by atoms with Crippen LogP contribution >= 0.6 is 0 Å².